The molecule has 3 aliphatic rings. The van der Waals surface area contributed by atoms with Crippen molar-refractivity contribution >= 4 is 40.6 Å². The number of anilines is 1. The zero-order valence-electron chi connectivity index (χ0n) is 24.0. The van der Waals surface area contributed by atoms with Crippen LogP contribution in [-0.4, -0.2) is 89.0 Å². The largest absolute Gasteiger partial charge is 0.507 e. The van der Waals surface area contributed by atoms with E-state index in [2.05, 4.69) is 5.32 Å². The van der Waals surface area contributed by atoms with Crippen LogP contribution in [0.25, 0.3) is 11.1 Å². The first kappa shape index (κ1) is 30.2. The van der Waals surface area contributed by atoms with Crippen molar-refractivity contribution in [3.8, 4) is 16.9 Å². The van der Waals surface area contributed by atoms with E-state index in [9.17, 15) is 39.0 Å². The third-order valence-corrected chi connectivity index (χ3v) is 8.86. The summed E-state index contributed by atoms with van der Waals surface area (Å²) in [7, 11) is 3.07. The zero-order valence-corrected chi connectivity index (χ0v) is 24.0. The number of aromatic hydroxyl groups is 1. The lowest BCUT2D eigenvalue weighted by atomic mass is 9.52. The minimum atomic E-state index is -2.77. The number of carbonyl (C=O) groups is 6. The number of fused-ring (bicyclic) bond motifs is 3. The Balaban J connectivity index is 1.54. The van der Waals surface area contributed by atoms with Gasteiger partial charge in [-0.2, -0.15) is 0 Å². The van der Waals surface area contributed by atoms with Gasteiger partial charge in [0.25, 0.3) is 0 Å². The first-order chi connectivity index (χ1) is 20.3. The first-order valence-electron chi connectivity index (χ1n) is 14.0. The van der Waals surface area contributed by atoms with Crippen molar-refractivity contribution in [3.63, 3.8) is 0 Å². The smallest absolute Gasteiger partial charge is 0.250 e. The maximum Gasteiger partial charge on any atom is 0.250 e. The molecule has 12 nitrogen and oxygen atoms in total. The molecule has 6 atom stereocenters. The number of hydrogen-bond acceptors (Lipinski definition) is 10. The Morgan fingerprint density at radius 1 is 1.07 bits per heavy atom. The number of likely N-dealkylation sites (N-methyl/N-ethyl adjacent to an activating group) is 1. The quantitative estimate of drug-likeness (QED) is 0.330. The highest BCUT2D eigenvalue weighted by molar-refractivity contribution is 6.32. The van der Waals surface area contributed by atoms with E-state index in [-0.39, 0.29) is 36.7 Å². The van der Waals surface area contributed by atoms with E-state index in [1.807, 2.05) is 0 Å². The number of nitrogens with two attached hydrogens (primary N) is 1. The van der Waals surface area contributed by atoms with Gasteiger partial charge >= 0.3 is 0 Å². The van der Waals surface area contributed by atoms with Crippen LogP contribution in [0.1, 0.15) is 29.3 Å². The Morgan fingerprint density at radius 2 is 1.74 bits per heavy atom. The van der Waals surface area contributed by atoms with E-state index in [1.54, 1.807) is 37.3 Å². The van der Waals surface area contributed by atoms with Gasteiger partial charge in [0.1, 0.15) is 12.4 Å². The molecule has 5 N–H and O–H groups in total. The molecule has 0 aliphatic heterocycles. The predicted molar refractivity (Wildman–Crippen MR) is 152 cm³/mol. The van der Waals surface area contributed by atoms with Gasteiger partial charge in [0, 0.05) is 18.2 Å². The molecule has 0 aromatic heterocycles. The third kappa shape index (κ3) is 4.75. The molecule has 3 aliphatic carbocycles. The number of hydrogen-bond donors (Lipinski definition) is 4. The van der Waals surface area contributed by atoms with Gasteiger partial charge < -0.3 is 26.0 Å². The zero-order chi connectivity index (χ0) is 31.4. The van der Waals surface area contributed by atoms with Crippen molar-refractivity contribution in [1.29, 1.82) is 0 Å². The molecule has 12 heteroatoms. The van der Waals surface area contributed by atoms with Gasteiger partial charge in [-0.1, -0.05) is 18.2 Å². The van der Waals surface area contributed by atoms with E-state index in [0.29, 0.717) is 29.0 Å². The lowest BCUT2D eigenvalue weighted by Gasteiger charge is -2.52. The minimum absolute atomic E-state index is 0.0379. The number of amides is 2. The molecule has 2 saturated carbocycles. The average Bonchev–Trinajstić information content (AvgIpc) is 2.94. The fraction of sp³-hybridized carbons (Fsp3) is 0.419. The summed E-state index contributed by atoms with van der Waals surface area (Å²) >= 11 is 0. The number of nitrogens with one attached hydrogen (secondary N) is 1. The highest BCUT2D eigenvalue weighted by Crippen LogP contribution is 2.51. The van der Waals surface area contributed by atoms with Gasteiger partial charge in [-0.05, 0) is 74.7 Å². The number of benzene rings is 2. The van der Waals surface area contributed by atoms with Gasteiger partial charge in [0.05, 0.1) is 17.5 Å². The van der Waals surface area contributed by atoms with Crippen LogP contribution in [0.3, 0.4) is 0 Å². The molecule has 226 valence electrons. The molecule has 0 spiro atoms. The van der Waals surface area contributed by atoms with Crippen molar-refractivity contribution < 1.29 is 43.7 Å². The Bertz CT molecular complexity index is 1550. The topological polar surface area (TPSA) is 193 Å². The Labute approximate surface area is 247 Å². The maximum atomic E-state index is 13.9. The standard InChI is InChI=1S/C31H33N3O9/c1-4-43-13-21(36)33-16-7-5-14(6-8-16)17-9-10-20(35)23-18(17)11-15-12-19-25(34(2)3)27(38)24(30(32)41)29(40)31(19,42)28(39)22(15)26(23)37/h5-10,15,19,22,24-25,35,42H,4,11-13H2,1-3H3,(H2,32,41)(H,33,36)/t15-,19-,22?,24?,25-,31-/m1/s1. The van der Waals surface area contributed by atoms with Crippen LogP contribution in [0.15, 0.2) is 36.4 Å². The summed E-state index contributed by atoms with van der Waals surface area (Å²) in [5.41, 5.74) is 4.82. The lowest BCUT2D eigenvalue weighted by molar-refractivity contribution is -0.181. The minimum Gasteiger partial charge on any atom is -0.507 e. The number of ketones is 4. The number of carbonyl (C=O) groups excluding carboxylic acids is 6. The number of ether oxygens (including phenoxy) is 1. The van der Waals surface area contributed by atoms with Crippen LogP contribution in [0.2, 0.25) is 0 Å². The van der Waals surface area contributed by atoms with Crippen molar-refractivity contribution in [1.82, 2.24) is 4.90 Å². The Kier molecular flexibility index (Phi) is 7.80. The van der Waals surface area contributed by atoms with E-state index < -0.39 is 64.4 Å². The van der Waals surface area contributed by atoms with Crippen LogP contribution >= 0.6 is 0 Å². The fourth-order valence-corrected chi connectivity index (χ4v) is 7.00. The number of aliphatic hydroxyl groups is 1. The summed E-state index contributed by atoms with van der Waals surface area (Å²) in [5, 5.41) is 25.2. The second kappa shape index (κ2) is 11.1. The molecule has 2 amide bonds. The van der Waals surface area contributed by atoms with Crippen molar-refractivity contribution in [2.45, 2.75) is 31.4 Å². The lowest BCUT2D eigenvalue weighted by Crippen LogP contribution is -2.74. The normalized spacial score (nSPS) is 28.3. The molecule has 5 rings (SSSR count). The summed E-state index contributed by atoms with van der Waals surface area (Å²) in [6.45, 7) is 2.10. The highest BCUT2D eigenvalue weighted by Gasteiger charge is 2.69. The molecule has 43 heavy (non-hydrogen) atoms. The third-order valence-electron chi connectivity index (χ3n) is 8.86. The molecule has 2 fully saturated rings. The van der Waals surface area contributed by atoms with E-state index in [1.165, 1.54) is 25.1 Å². The number of Topliss-reactive ketones (excluding diaryl/α,β-unsaturated/α-hetero) is 4. The summed E-state index contributed by atoms with van der Waals surface area (Å²) < 4.78 is 5.11. The van der Waals surface area contributed by atoms with E-state index in [4.69, 9.17) is 10.5 Å². The molecule has 0 radical (unpaired) electrons. The maximum absolute atomic E-state index is 13.9. The van der Waals surface area contributed by atoms with Crippen molar-refractivity contribution in [2.24, 2.45) is 29.4 Å². The SMILES string of the molecule is CCOCC(=O)Nc1ccc(-c2ccc(O)c3c2C[C@@H]2C[C@@H]4[C@@H](N(C)C)C(=O)C(C(N)=O)C(=O)[C@]4(O)C(=O)C2C3=O)cc1. The molecule has 2 aromatic carbocycles. The Hall–Kier alpha value is -4.26. The van der Waals surface area contributed by atoms with E-state index in [0.717, 1.165) is 0 Å². The van der Waals surface area contributed by atoms with Crippen LogP contribution in [0.4, 0.5) is 5.69 Å². The number of phenolic OH excluding ortho intramolecular Hbond substituents is 1. The van der Waals surface area contributed by atoms with Crippen molar-refractivity contribution in [2.75, 3.05) is 32.6 Å². The molecule has 2 unspecified atom stereocenters. The second-order valence-corrected chi connectivity index (χ2v) is 11.5. The van der Waals surface area contributed by atoms with Gasteiger partial charge in [-0.25, -0.2) is 0 Å². The van der Waals surface area contributed by atoms with Crippen LogP contribution in [0, 0.1) is 23.7 Å². The number of nitrogens with zero attached hydrogens (tertiary/aromatic N) is 1. The van der Waals surface area contributed by atoms with Crippen molar-refractivity contribution in [3.05, 3.63) is 47.5 Å². The predicted octanol–water partition coefficient (Wildman–Crippen LogP) is 0.509. The van der Waals surface area contributed by atoms with Gasteiger partial charge in [0.15, 0.2) is 34.7 Å². The molecule has 0 bridgehead atoms. The molecule has 0 heterocycles. The summed E-state index contributed by atoms with van der Waals surface area (Å²) in [4.78, 5) is 80.1. The number of phenols is 1. The molecular formula is C31H33N3O9. The second-order valence-electron chi connectivity index (χ2n) is 11.5. The molecule has 2 aromatic rings. The average molecular weight is 592 g/mol. The summed E-state index contributed by atoms with van der Waals surface area (Å²) in [6, 6.07) is 8.68. The fourth-order valence-electron chi connectivity index (χ4n) is 7.00. The summed E-state index contributed by atoms with van der Waals surface area (Å²) in [6.07, 6.45) is 0.103. The van der Waals surface area contributed by atoms with E-state index >= 15 is 0 Å². The van der Waals surface area contributed by atoms with Gasteiger partial charge in [0.2, 0.25) is 11.8 Å². The van der Waals surface area contributed by atoms with Crippen LogP contribution in [0.5, 0.6) is 5.75 Å². The first-order valence-corrected chi connectivity index (χ1v) is 14.0. The highest BCUT2D eigenvalue weighted by atomic mass is 16.5. The number of rotatable bonds is 7. The van der Waals surface area contributed by atoms with Crippen LogP contribution in [-0.2, 0) is 35.1 Å². The Morgan fingerprint density at radius 3 is 2.35 bits per heavy atom. The number of primary amides is 1. The monoisotopic (exact) mass is 591 g/mol. The molecular weight excluding hydrogens is 558 g/mol. The molecule has 0 saturated heterocycles. The van der Waals surface area contributed by atoms with Gasteiger partial charge in [-0.15, -0.1) is 0 Å². The van der Waals surface area contributed by atoms with Gasteiger partial charge in [-0.3, -0.25) is 33.7 Å². The summed E-state index contributed by atoms with van der Waals surface area (Å²) in [5.74, 6) is -11.3. The van der Waals surface area contributed by atoms with Crippen LogP contribution < -0.4 is 11.1 Å².